The van der Waals surface area contributed by atoms with Gasteiger partial charge in [-0.2, -0.15) is 9.99 Å². The second-order valence-electron chi connectivity index (χ2n) is 2.38. The molecule has 0 bridgehead atoms. The van der Waals surface area contributed by atoms with E-state index < -0.39 is 0 Å². The van der Waals surface area contributed by atoms with Crippen LogP contribution in [0.25, 0.3) is 0 Å². The summed E-state index contributed by atoms with van der Waals surface area (Å²) in [5, 5.41) is 19.5. The van der Waals surface area contributed by atoms with E-state index in [1.165, 1.54) is 12.3 Å². The van der Waals surface area contributed by atoms with Crippen molar-refractivity contribution in [1.82, 2.24) is 0 Å². The highest BCUT2D eigenvalue weighted by atomic mass is 16.5. The molecule has 11 heavy (non-hydrogen) atoms. The van der Waals surface area contributed by atoms with Gasteiger partial charge in [-0.15, -0.1) is 0 Å². The summed E-state index contributed by atoms with van der Waals surface area (Å²) in [4.78, 5) is 0. The second-order valence-corrected chi connectivity index (χ2v) is 2.38. The van der Waals surface area contributed by atoms with Crippen molar-refractivity contribution >= 4 is 0 Å². The average Bonchev–Trinajstić information content (AvgIpc) is 2.01. The summed E-state index contributed by atoms with van der Waals surface area (Å²) in [5.74, 6) is 0. The molecule has 1 aromatic heterocycles. The zero-order chi connectivity index (χ0) is 8.43. The minimum atomic E-state index is 0.564. The topological polar surface area (TPSA) is 50.7 Å². The molecular formula is C8H8N2O. The van der Waals surface area contributed by atoms with Crippen LogP contribution in [0.1, 0.15) is 16.8 Å². The van der Waals surface area contributed by atoms with Crippen LogP contribution in [-0.2, 0) is 0 Å². The van der Waals surface area contributed by atoms with Crippen molar-refractivity contribution in [3.8, 4) is 6.07 Å². The fraction of sp³-hybridized carbons (Fsp3) is 0.250. The number of rotatable bonds is 0. The van der Waals surface area contributed by atoms with E-state index >= 15 is 0 Å². The third kappa shape index (κ3) is 1.15. The maximum Gasteiger partial charge on any atom is 0.193 e. The van der Waals surface area contributed by atoms with Crippen molar-refractivity contribution in [2.45, 2.75) is 13.8 Å². The summed E-state index contributed by atoms with van der Waals surface area (Å²) in [6.45, 7) is 3.46. The molecule has 56 valence electrons. The van der Waals surface area contributed by atoms with E-state index in [4.69, 9.17) is 5.26 Å². The normalized spacial score (nSPS) is 9.18. The Morgan fingerprint density at radius 1 is 1.55 bits per heavy atom. The van der Waals surface area contributed by atoms with E-state index in [-0.39, 0.29) is 0 Å². The highest BCUT2D eigenvalue weighted by Gasteiger charge is 2.06. The Morgan fingerprint density at radius 2 is 2.18 bits per heavy atom. The van der Waals surface area contributed by atoms with Gasteiger partial charge in [0, 0.05) is 18.6 Å². The summed E-state index contributed by atoms with van der Waals surface area (Å²) in [6, 6.07) is 3.53. The van der Waals surface area contributed by atoms with E-state index in [0.717, 1.165) is 10.3 Å². The minimum Gasteiger partial charge on any atom is -0.619 e. The van der Waals surface area contributed by atoms with Crippen molar-refractivity contribution < 1.29 is 4.73 Å². The quantitative estimate of drug-likeness (QED) is 0.403. The average molecular weight is 148 g/mol. The SMILES string of the molecule is Cc1c(C#N)cc[n+]([O-])c1C. The van der Waals surface area contributed by atoms with Crippen LogP contribution in [0, 0.1) is 30.4 Å². The van der Waals surface area contributed by atoms with Gasteiger partial charge in [0.2, 0.25) is 0 Å². The third-order valence-corrected chi connectivity index (χ3v) is 1.77. The fourth-order valence-electron chi connectivity index (χ4n) is 0.860. The molecule has 0 fully saturated rings. The van der Waals surface area contributed by atoms with Crippen LogP contribution in [0.15, 0.2) is 12.3 Å². The Morgan fingerprint density at radius 3 is 2.73 bits per heavy atom. The molecule has 0 saturated heterocycles. The molecule has 0 spiro atoms. The first kappa shape index (κ1) is 7.55. The summed E-state index contributed by atoms with van der Waals surface area (Å²) in [6.07, 6.45) is 1.35. The highest BCUT2D eigenvalue weighted by Crippen LogP contribution is 2.06. The Kier molecular flexibility index (Phi) is 1.77. The summed E-state index contributed by atoms with van der Waals surface area (Å²) in [5.41, 5.74) is 1.91. The van der Waals surface area contributed by atoms with E-state index in [2.05, 4.69) is 0 Å². The number of nitriles is 1. The first-order valence-corrected chi connectivity index (χ1v) is 3.26. The first-order valence-electron chi connectivity index (χ1n) is 3.26. The second kappa shape index (κ2) is 2.59. The summed E-state index contributed by atoms with van der Waals surface area (Å²) >= 11 is 0. The fourth-order valence-corrected chi connectivity index (χ4v) is 0.860. The number of hydrogen-bond acceptors (Lipinski definition) is 2. The predicted octanol–water partition coefficient (Wildman–Crippen LogP) is 0.809. The van der Waals surface area contributed by atoms with Crippen LogP contribution in [0.5, 0.6) is 0 Å². The minimum absolute atomic E-state index is 0.564. The maximum absolute atomic E-state index is 10.9. The molecule has 3 nitrogen and oxygen atoms in total. The lowest BCUT2D eigenvalue weighted by atomic mass is 10.1. The number of nitrogens with zero attached hydrogens (tertiary/aromatic N) is 2. The zero-order valence-electron chi connectivity index (χ0n) is 6.46. The molecule has 0 unspecified atom stereocenters. The number of hydrogen-bond donors (Lipinski definition) is 0. The first-order chi connectivity index (χ1) is 5.16. The lowest BCUT2D eigenvalue weighted by Gasteiger charge is -2.02. The molecule has 0 aliphatic heterocycles. The van der Waals surface area contributed by atoms with Gasteiger partial charge in [0.15, 0.2) is 11.9 Å². The van der Waals surface area contributed by atoms with Gasteiger partial charge in [-0.05, 0) is 6.92 Å². The third-order valence-electron chi connectivity index (χ3n) is 1.77. The van der Waals surface area contributed by atoms with E-state index in [1.807, 2.05) is 6.07 Å². The maximum atomic E-state index is 10.9. The van der Waals surface area contributed by atoms with Crippen molar-refractivity contribution in [3.05, 3.63) is 34.3 Å². The van der Waals surface area contributed by atoms with E-state index in [0.29, 0.717) is 11.3 Å². The summed E-state index contributed by atoms with van der Waals surface area (Å²) in [7, 11) is 0. The van der Waals surface area contributed by atoms with Crippen LogP contribution in [0.4, 0.5) is 0 Å². The lowest BCUT2D eigenvalue weighted by molar-refractivity contribution is -0.612. The molecule has 0 amide bonds. The number of pyridine rings is 1. The van der Waals surface area contributed by atoms with Crippen LogP contribution in [0.3, 0.4) is 0 Å². The van der Waals surface area contributed by atoms with Gasteiger partial charge in [0.05, 0.1) is 11.6 Å². The summed E-state index contributed by atoms with van der Waals surface area (Å²) < 4.78 is 0.760. The Labute approximate surface area is 65.1 Å². The van der Waals surface area contributed by atoms with Gasteiger partial charge >= 0.3 is 0 Å². The van der Waals surface area contributed by atoms with E-state index in [1.54, 1.807) is 13.8 Å². The molecule has 0 aromatic carbocycles. The standard InChI is InChI=1S/C8H8N2O/c1-6-7(2)10(11)4-3-8(6)5-9/h3-4H,1-2H3. The molecule has 3 heteroatoms. The molecule has 1 heterocycles. The van der Waals surface area contributed by atoms with Gasteiger partial charge in [-0.3, -0.25) is 0 Å². The van der Waals surface area contributed by atoms with Gasteiger partial charge in [-0.25, -0.2) is 0 Å². The van der Waals surface area contributed by atoms with Crippen molar-refractivity contribution in [1.29, 1.82) is 5.26 Å². The molecule has 0 N–H and O–H groups in total. The molecule has 1 rings (SSSR count). The smallest absolute Gasteiger partial charge is 0.193 e. The van der Waals surface area contributed by atoms with Gasteiger partial charge < -0.3 is 5.21 Å². The Hall–Kier alpha value is -1.56. The van der Waals surface area contributed by atoms with Crippen molar-refractivity contribution in [3.63, 3.8) is 0 Å². The predicted molar refractivity (Wildman–Crippen MR) is 39.6 cm³/mol. The van der Waals surface area contributed by atoms with Gasteiger partial charge in [0.1, 0.15) is 0 Å². The molecule has 0 radical (unpaired) electrons. The molecule has 0 saturated carbocycles. The zero-order valence-corrected chi connectivity index (χ0v) is 6.46. The molecule has 0 aliphatic rings. The monoisotopic (exact) mass is 148 g/mol. The van der Waals surface area contributed by atoms with Crippen LogP contribution in [0.2, 0.25) is 0 Å². The van der Waals surface area contributed by atoms with Crippen molar-refractivity contribution in [2.75, 3.05) is 0 Å². The Balaban J connectivity index is 3.40. The molecule has 0 aliphatic carbocycles. The molecular weight excluding hydrogens is 140 g/mol. The van der Waals surface area contributed by atoms with Crippen LogP contribution in [-0.4, -0.2) is 0 Å². The van der Waals surface area contributed by atoms with E-state index in [9.17, 15) is 5.21 Å². The highest BCUT2D eigenvalue weighted by molar-refractivity contribution is 5.35. The molecule has 0 atom stereocenters. The van der Waals surface area contributed by atoms with Crippen LogP contribution < -0.4 is 4.73 Å². The largest absolute Gasteiger partial charge is 0.619 e. The number of aromatic nitrogens is 1. The van der Waals surface area contributed by atoms with Crippen LogP contribution >= 0.6 is 0 Å². The van der Waals surface area contributed by atoms with Gasteiger partial charge in [-0.1, -0.05) is 0 Å². The lowest BCUT2D eigenvalue weighted by Crippen LogP contribution is -2.30. The Bertz CT molecular complexity index is 326. The van der Waals surface area contributed by atoms with Crippen molar-refractivity contribution in [2.24, 2.45) is 0 Å². The molecule has 1 aromatic rings. The van der Waals surface area contributed by atoms with Gasteiger partial charge in [0.25, 0.3) is 0 Å².